The van der Waals surface area contributed by atoms with Gasteiger partial charge in [0.1, 0.15) is 5.76 Å². The third kappa shape index (κ3) is 3.65. The summed E-state index contributed by atoms with van der Waals surface area (Å²) >= 11 is 0. The molecule has 0 spiro atoms. The predicted molar refractivity (Wildman–Crippen MR) is 111 cm³/mol. The lowest BCUT2D eigenvalue weighted by atomic mass is 10.1. The number of furan rings is 1. The number of benzene rings is 2. The Balaban J connectivity index is 1.69. The van der Waals surface area contributed by atoms with E-state index in [-0.39, 0.29) is 23.8 Å². The molecule has 2 aromatic carbocycles. The van der Waals surface area contributed by atoms with Crippen LogP contribution in [0.5, 0.6) is 5.75 Å². The standard InChI is InChI=1S/C23H19NO6/c1-3-28-23(26)19-20(25)18(30-22(19)24-15-9-5-4-6-10-15)13-16-12-14-8-7-11-17(27-2)21(14)29-16/h4-13,24H,3H2,1-2H3. The molecule has 1 aliphatic rings. The van der Waals surface area contributed by atoms with Gasteiger partial charge >= 0.3 is 5.97 Å². The summed E-state index contributed by atoms with van der Waals surface area (Å²) in [6.07, 6.45) is 1.45. The fourth-order valence-corrected chi connectivity index (χ4v) is 3.08. The molecule has 1 N–H and O–H groups in total. The van der Waals surface area contributed by atoms with Crippen LogP contribution in [0.25, 0.3) is 17.0 Å². The van der Waals surface area contributed by atoms with Crippen molar-refractivity contribution in [2.45, 2.75) is 6.92 Å². The predicted octanol–water partition coefficient (Wildman–Crippen LogP) is 4.27. The Morgan fingerprint density at radius 1 is 1.13 bits per heavy atom. The van der Waals surface area contributed by atoms with E-state index >= 15 is 0 Å². The summed E-state index contributed by atoms with van der Waals surface area (Å²) < 4.78 is 21.8. The molecular weight excluding hydrogens is 386 g/mol. The Bertz CT molecular complexity index is 1170. The Kier molecular flexibility index (Phi) is 5.26. The number of fused-ring (bicyclic) bond motifs is 1. The van der Waals surface area contributed by atoms with Crippen LogP contribution in [-0.2, 0) is 19.1 Å². The highest BCUT2D eigenvalue weighted by molar-refractivity contribution is 6.26. The van der Waals surface area contributed by atoms with Gasteiger partial charge in [0.05, 0.1) is 13.7 Å². The van der Waals surface area contributed by atoms with Crippen molar-refractivity contribution in [1.82, 2.24) is 0 Å². The van der Waals surface area contributed by atoms with E-state index < -0.39 is 11.8 Å². The summed E-state index contributed by atoms with van der Waals surface area (Å²) in [4.78, 5) is 25.3. The molecule has 0 saturated carbocycles. The van der Waals surface area contributed by atoms with Gasteiger partial charge in [-0.25, -0.2) is 4.79 Å². The zero-order valence-corrected chi connectivity index (χ0v) is 16.4. The van der Waals surface area contributed by atoms with E-state index in [0.717, 1.165) is 5.39 Å². The number of Topliss-reactive ketones (excluding diaryl/α,β-unsaturated/α-hetero) is 1. The first-order valence-electron chi connectivity index (χ1n) is 9.35. The molecule has 2 heterocycles. The molecule has 0 fully saturated rings. The summed E-state index contributed by atoms with van der Waals surface area (Å²) in [6, 6.07) is 16.3. The first kappa shape index (κ1) is 19.3. The van der Waals surface area contributed by atoms with Gasteiger partial charge in [-0.2, -0.15) is 0 Å². The number of carbonyl (C=O) groups excluding carboxylic acids is 2. The van der Waals surface area contributed by atoms with Gasteiger partial charge < -0.3 is 23.9 Å². The number of esters is 1. The number of para-hydroxylation sites is 2. The fourth-order valence-electron chi connectivity index (χ4n) is 3.08. The topological polar surface area (TPSA) is 87.0 Å². The molecule has 0 atom stereocenters. The number of allylic oxidation sites excluding steroid dienone is 1. The largest absolute Gasteiger partial charge is 0.493 e. The molecule has 152 valence electrons. The van der Waals surface area contributed by atoms with Crippen molar-refractivity contribution in [2.75, 3.05) is 19.0 Å². The highest BCUT2D eigenvalue weighted by atomic mass is 16.5. The smallest absolute Gasteiger partial charge is 0.347 e. The van der Waals surface area contributed by atoms with Crippen LogP contribution >= 0.6 is 0 Å². The van der Waals surface area contributed by atoms with Crippen LogP contribution in [0.15, 0.2) is 76.2 Å². The van der Waals surface area contributed by atoms with Crippen LogP contribution in [0.2, 0.25) is 0 Å². The number of hydrogen-bond acceptors (Lipinski definition) is 7. The van der Waals surface area contributed by atoms with E-state index in [1.165, 1.54) is 6.08 Å². The van der Waals surface area contributed by atoms with E-state index in [1.807, 2.05) is 30.3 Å². The van der Waals surface area contributed by atoms with Gasteiger partial charge in [0.25, 0.3) is 0 Å². The third-order valence-corrected chi connectivity index (χ3v) is 4.42. The lowest BCUT2D eigenvalue weighted by Gasteiger charge is -2.08. The number of anilines is 1. The number of nitrogens with one attached hydrogen (secondary N) is 1. The van der Waals surface area contributed by atoms with Crippen LogP contribution in [0.4, 0.5) is 5.69 Å². The molecule has 0 aliphatic carbocycles. The molecule has 3 aromatic rings. The number of hydrogen-bond donors (Lipinski definition) is 1. The second-order valence-electron chi connectivity index (χ2n) is 6.38. The molecule has 0 unspecified atom stereocenters. The molecule has 0 amide bonds. The van der Waals surface area contributed by atoms with Gasteiger partial charge in [-0.05, 0) is 31.2 Å². The van der Waals surface area contributed by atoms with E-state index in [0.29, 0.717) is 22.8 Å². The minimum atomic E-state index is -0.754. The summed E-state index contributed by atoms with van der Waals surface area (Å²) in [7, 11) is 1.55. The number of methoxy groups -OCH3 is 1. The van der Waals surface area contributed by atoms with E-state index in [2.05, 4.69) is 5.32 Å². The van der Waals surface area contributed by atoms with E-state index in [9.17, 15) is 9.59 Å². The van der Waals surface area contributed by atoms with Crippen molar-refractivity contribution >= 4 is 34.5 Å². The SMILES string of the molecule is CCOC(=O)C1=C(Nc2ccccc2)OC(=Cc2cc3cccc(OC)c3o2)C1=O. The summed E-state index contributed by atoms with van der Waals surface area (Å²) in [5, 5.41) is 3.78. The van der Waals surface area contributed by atoms with Gasteiger partial charge in [-0.15, -0.1) is 0 Å². The minimum Gasteiger partial charge on any atom is -0.493 e. The van der Waals surface area contributed by atoms with Gasteiger partial charge in [-0.1, -0.05) is 30.3 Å². The fraction of sp³-hybridized carbons (Fsp3) is 0.130. The number of carbonyl (C=O) groups is 2. The molecule has 4 rings (SSSR count). The molecule has 0 saturated heterocycles. The van der Waals surface area contributed by atoms with Gasteiger partial charge in [0.15, 0.2) is 22.7 Å². The zero-order valence-electron chi connectivity index (χ0n) is 16.4. The second kappa shape index (κ2) is 8.16. The van der Waals surface area contributed by atoms with E-state index in [4.69, 9.17) is 18.6 Å². The Labute approximate surface area is 172 Å². The number of rotatable bonds is 6. The Morgan fingerprint density at radius 2 is 1.93 bits per heavy atom. The highest BCUT2D eigenvalue weighted by Gasteiger charge is 2.37. The Morgan fingerprint density at radius 3 is 2.67 bits per heavy atom. The van der Waals surface area contributed by atoms with Crippen LogP contribution in [0.3, 0.4) is 0 Å². The molecule has 30 heavy (non-hydrogen) atoms. The average molecular weight is 405 g/mol. The van der Waals surface area contributed by atoms with E-state index in [1.54, 1.807) is 38.3 Å². The molecule has 7 nitrogen and oxygen atoms in total. The number of ketones is 1. The molecule has 1 aromatic heterocycles. The average Bonchev–Trinajstić information content (AvgIpc) is 3.29. The maximum atomic E-state index is 12.9. The molecular formula is C23H19NO6. The Hall–Kier alpha value is -4.00. The monoisotopic (exact) mass is 405 g/mol. The highest BCUT2D eigenvalue weighted by Crippen LogP contribution is 2.32. The zero-order chi connectivity index (χ0) is 21.1. The normalized spacial score (nSPS) is 14.9. The van der Waals surface area contributed by atoms with Crippen molar-refractivity contribution in [3.63, 3.8) is 0 Å². The summed E-state index contributed by atoms with van der Waals surface area (Å²) in [6.45, 7) is 1.80. The van der Waals surface area contributed by atoms with Crippen LogP contribution in [0.1, 0.15) is 12.7 Å². The van der Waals surface area contributed by atoms with Crippen molar-refractivity contribution in [1.29, 1.82) is 0 Å². The van der Waals surface area contributed by atoms with Gasteiger partial charge in [0, 0.05) is 17.1 Å². The molecule has 0 radical (unpaired) electrons. The van der Waals surface area contributed by atoms with Crippen LogP contribution in [0, 0.1) is 0 Å². The third-order valence-electron chi connectivity index (χ3n) is 4.42. The van der Waals surface area contributed by atoms with Crippen molar-refractivity contribution < 1.29 is 28.2 Å². The summed E-state index contributed by atoms with van der Waals surface area (Å²) in [5.74, 6) is -0.399. The van der Waals surface area contributed by atoms with Crippen LogP contribution in [-0.4, -0.2) is 25.5 Å². The maximum Gasteiger partial charge on any atom is 0.347 e. The van der Waals surface area contributed by atoms with Crippen molar-refractivity contribution in [3.05, 3.63) is 77.6 Å². The first-order valence-corrected chi connectivity index (χ1v) is 9.35. The second-order valence-corrected chi connectivity index (χ2v) is 6.38. The lowest BCUT2D eigenvalue weighted by molar-refractivity contribution is -0.139. The van der Waals surface area contributed by atoms with Crippen molar-refractivity contribution in [3.8, 4) is 5.75 Å². The first-order chi connectivity index (χ1) is 14.6. The van der Waals surface area contributed by atoms with Crippen molar-refractivity contribution in [2.24, 2.45) is 0 Å². The van der Waals surface area contributed by atoms with Gasteiger partial charge in [-0.3, -0.25) is 4.79 Å². The molecule has 0 bridgehead atoms. The quantitative estimate of drug-likeness (QED) is 0.372. The van der Waals surface area contributed by atoms with Gasteiger partial charge in [0.2, 0.25) is 11.7 Å². The molecule has 1 aliphatic heterocycles. The maximum absolute atomic E-state index is 12.9. The van der Waals surface area contributed by atoms with Crippen LogP contribution < -0.4 is 10.1 Å². The molecule has 7 heteroatoms. The lowest BCUT2D eigenvalue weighted by Crippen LogP contribution is -2.16. The minimum absolute atomic E-state index is 0.0181. The number of ether oxygens (including phenoxy) is 3. The summed E-state index contributed by atoms with van der Waals surface area (Å²) in [5.41, 5.74) is 1.02.